The Morgan fingerprint density at radius 3 is 1.64 bits per heavy atom. The highest BCUT2D eigenvalue weighted by atomic mass is 16.3. The van der Waals surface area contributed by atoms with Crippen molar-refractivity contribution in [2.75, 3.05) is 0 Å². The zero-order valence-electron chi connectivity index (χ0n) is 36.0. The zero-order chi connectivity index (χ0) is 44.0. The Hall–Kier alpha value is -9.06. The van der Waals surface area contributed by atoms with Crippen LogP contribution in [0.15, 0.2) is 223 Å². The van der Waals surface area contributed by atoms with Gasteiger partial charge in [0.1, 0.15) is 11.2 Å². The van der Waals surface area contributed by atoms with Crippen molar-refractivity contribution in [3.8, 4) is 56.5 Å². The third-order valence-electron chi connectivity index (χ3n) is 13.5. The van der Waals surface area contributed by atoms with Crippen molar-refractivity contribution in [2.45, 2.75) is 0 Å². The molecule has 5 nitrogen and oxygen atoms in total. The Labute approximate surface area is 384 Å². The predicted molar refractivity (Wildman–Crippen MR) is 277 cm³/mol. The molecule has 0 aliphatic heterocycles. The lowest BCUT2D eigenvalue weighted by Gasteiger charge is -2.17. The van der Waals surface area contributed by atoms with Crippen molar-refractivity contribution >= 4 is 86.7 Å². The lowest BCUT2D eigenvalue weighted by atomic mass is 9.88. The summed E-state index contributed by atoms with van der Waals surface area (Å²) in [5.74, 6) is 1.83. The van der Waals surface area contributed by atoms with Gasteiger partial charge in [-0.1, -0.05) is 188 Å². The summed E-state index contributed by atoms with van der Waals surface area (Å²) in [6.45, 7) is 0. The molecule has 14 aromatic rings. The largest absolute Gasteiger partial charge is 0.456 e. The minimum absolute atomic E-state index is 0.593. The first kappa shape index (κ1) is 37.3. The monoisotopic (exact) mass is 852 g/mol. The lowest BCUT2D eigenvalue weighted by molar-refractivity contribution is 0.669. The van der Waals surface area contributed by atoms with E-state index < -0.39 is 0 Å². The van der Waals surface area contributed by atoms with Gasteiger partial charge < -0.3 is 4.42 Å². The first-order valence-electron chi connectivity index (χ1n) is 22.6. The minimum atomic E-state index is 0.593. The molecule has 0 N–H and O–H groups in total. The van der Waals surface area contributed by atoms with Crippen molar-refractivity contribution in [1.82, 2.24) is 19.9 Å². The maximum Gasteiger partial charge on any atom is 0.164 e. The first-order valence-corrected chi connectivity index (χ1v) is 22.6. The Balaban J connectivity index is 1.05. The molecule has 0 unspecified atom stereocenters. The van der Waals surface area contributed by atoms with Crippen LogP contribution < -0.4 is 0 Å². The van der Waals surface area contributed by atoms with E-state index in [1.54, 1.807) is 0 Å². The molecule has 0 atom stereocenters. The van der Waals surface area contributed by atoms with E-state index in [2.05, 4.69) is 194 Å². The highest BCUT2D eigenvalue weighted by Gasteiger charge is 2.23. The summed E-state index contributed by atoms with van der Waals surface area (Å²) < 4.78 is 6.82. The molecule has 0 radical (unpaired) electrons. The van der Waals surface area contributed by atoms with Crippen LogP contribution in [-0.2, 0) is 0 Å². The van der Waals surface area contributed by atoms with E-state index in [4.69, 9.17) is 24.4 Å². The summed E-state index contributed by atoms with van der Waals surface area (Å²) in [5.41, 5.74) is 9.34. The fourth-order valence-electron chi connectivity index (χ4n) is 10.5. The van der Waals surface area contributed by atoms with Crippen LogP contribution in [0.2, 0.25) is 0 Å². The number of pyridine rings is 1. The van der Waals surface area contributed by atoms with Gasteiger partial charge in [0.25, 0.3) is 0 Å². The summed E-state index contributed by atoms with van der Waals surface area (Å²) >= 11 is 0. The molecule has 3 heterocycles. The number of fused-ring (bicyclic) bond motifs is 13. The molecule has 14 rings (SSSR count). The molecule has 0 aliphatic carbocycles. The molecule has 0 saturated heterocycles. The van der Waals surface area contributed by atoms with Gasteiger partial charge in [-0.2, -0.15) is 0 Å². The Kier molecular flexibility index (Phi) is 8.21. The van der Waals surface area contributed by atoms with Crippen LogP contribution in [0.3, 0.4) is 0 Å². The second-order valence-corrected chi connectivity index (χ2v) is 17.3. The van der Waals surface area contributed by atoms with E-state index in [0.717, 1.165) is 93.5 Å². The molecule has 0 amide bonds. The number of benzene rings is 11. The third kappa shape index (κ3) is 5.88. The molecule has 0 bridgehead atoms. The quantitative estimate of drug-likeness (QED) is 0.161. The normalized spacial score (nSPS) is 11.9. The van der Waals surface area contributed by atoms with Crippen LogP contribution in [-0.4, -0.2) is 19.9 Å². The topological polar surface area (TPSA) is 64.7 Å². The van der Waals surface area contributed by atoms with Gasteiger partial charge >= 0.3 is 0 Å². The minimum Gasteiger partial charge on any atom is -0.456 e. The number of hydrogen-bond donors (Lipinski definition) is 0. The standard InChI is InChI=1S/C62H36N4O/c1-2-17-38(18-3-1)60-64-61(66-62(65-60)48-29-15-19-37-16-4-5-22-42(37)48)41-21-14-20-39(34-41)56-57-49-27-10-12-30-53(49)63-59(52(57)36-55-58(56)50-28-11-13-31-54(50)67-55)40-32-33-47-45-25-7-6-23-43(45)44-24-8-9-26-46(44)51(47)35-40/h1-36H. The summed E-state index contributed by atoms with van der Waals surface area (Å²) in [7, 11) is 0. The Bertz CT molecular complexity index is 4310. The number of furan rings is 1. The van der Waals surface area contributed by atoms with E-state index in [9.17, 15) is 0 Å². The van der Waals surface area contributed by atoms with E-state index in [1.165, 1.54) is 32.3 Å². The first-order chi connectivity index (χ1) is 33.2. The van der Waals surface area contributed by atoms with Crippen molar-refractivity contribution in [2.24, 2.45) is 0 Å². The second-order valence-electron chi connectivity index (χ2n) is 17.3. The van der Waals surface area contributed by atoms with Gasteiger partial charge in [-0.3, -0.25) is 0 Å². The summed E-state index contributed by atoms with van der Waals surface area (Å²) in [5, 5.41) is 14.9. The highest BCUT2D eigenvalue weighted by Crippen LogP contribution is 2.47. The van der Waals surface area contributed by atoms with Gasteiger partial charge in [0.2, 0.25) is 0 Å². The SMILES string of the molecule is c1ccc(-c2nc(-c3cccc(-c4c5c(cc6c(-c7ccc8c9ccccc9c9ccccc9c8c7)nc7ccccc7c46)oc4ccccc45)c3)nc(-c3cccc4ccccc34)n2)cc1. The van der Waals surface area contributed by atoms with Gasteiger partial charge in [-0.05, 0) is 79.0 Å². The smallest absolute Gasteiger partial charge is 0.164 e. The average Bonchev–Trinajstić information content (AvgIpc) is 3.78. The van der Waals surface area contributed by atoms with Crippen LogP contribution in [0.1, 0.15) is 0 Å². The van der Waals surface area contributed by atoms with Gasteiger partial charge in [-0.15, -0.1) is 0 Å². The molecule has 0 fully saturated rings. The van der Waals surface area contributed by atoms with Gasteiger partial charge in [-0.25, -0.2) is 19.9 Å². The van der Waals surface area contributed by atoms with E-state index in [0.29, 0.717) is 17.5 Å². The number of rotatable bonds is 5. The maximum atomic E-state index is 6.82. The third-order valence-corrected chi connectivity index (χ3v) is 13.5. The molecular weight excluding hydrogens is 817 g/mol. The van der Waals surface area contributed by atoms with Crippen molar-refractivity contribution < 1.29 is 4.42 Å². The van der Waals surface area contributed by atoms with Crippen LogP contribution in [0, 0.1) is 0 Å². The summed E-state index contributed by atoms with van der Waals surface area (Å²) in [6, 6.07) is 76.9. The molecule has 0 saturated carbocycles. The molecule has 310 valence electrons. The van der Waals surface area contributed by atoms with Crippen molar-refractivity contribution in [3.63, 3.8) is 0 Å². The second kappa shape index (κ2) is 14.7. The van der Waals surface area contributed by atoms with Crippen molar-refractivity contribution in [3.05, 3.63) is 218 Å². The summed E-state index contributed by atoms with van der Waals surface area (Å²) in [4.78, 5) is 21.1. The number of aromatic nitrogens is 4. The summed E-state index contributed by atoms with van der Waals surface area (Å²) in [6.07, 6.45) is 0. The lowest BCUT2D eigenvalue weighted by Crippen LogP contribution is -2.00. The van der Waals surface area contributed by atoms with E-state index >= 15 is 0 Å². The molecular formula is C62H36N4O. The van der Waals surface area contributed by atoms with Gasteiger partial charge in [0, 0.05) is 54.7 Å². The molecule has 3 aromatic heterocycles. The average molecular weight is 853 g/mol. The number of para-hydroxylation sites is 2. The predicted octanol–water partition coefficient (Wildman–Crippen LogP) is 16.4. The van der Waals surface area contributed by atoms with Crippen LogP contribution in [0.25, 0.3) is 143 Å². The van der Waals surface area contributed by atoms with Crippen LogP contribution in [0.4, 0.5) is 0 Å². The van der Waals surface area contributed by atoms with E-state index in [1.807, 2.05) is 24.3 Å². The maximum absolute atomic E-state index is 6.82. The van der Waals surface area contributed by atoms with Crippen LogP contribution in [0.5, 0.6) is 0 Å². The van der Waals surface area contributed by atoms with Crippen LogP contribution >= 0.6 is 0 Å². The highest BCUT2D eigenvalue weighted by molar-refractivity contribution is 6.29. The molecule has 0 spiro atoms. The number of hydrogen-bond acceptors (Lipinski definition) is 5. The zero-order valence-corrected chi connectivity index (χ0v) is 36.0. The van der Waals surface area contributed by atoms with Crippen molar-refractivity contribution in [1.29, 1.82) is 0 Å². The molecule has 11 aromatic carbocycles. The fraction of sp³-hybridized carbons (Fsp3) is 0. The van der Waals surface area contributed by atoms with E-state index in [-0.39, 0.29) is 0 Å². The molecule has 67 heavy (non-hydrogen) atoms. The molecule has 0 aliphatic rings. The van der Waals surface area contributed by atoms with Gasteiger partial charge in [0.15, 0.2) is 17.5 Å². The Morgan fingerprint density at radius 1 is 0.284 bits per heavy atom. The molecule has 5 heteroatoms. The van der Waals surface area contributed by atoms with Gasteiger partial charge in [0.05, 0.1) is 11.2 Å². The number of nitrogens with zero attached hydrogens (tertiary/aromatic N) is 4. The Morgan fingerprint density at radius 2 is 0.851 bits per heavy atom. The fourth-order valence-corrected chi connectivity index (χ4v) is 10.5.